The van der Waals surface area contributed by atoms with Crippen molar-refractivity contribution in [1.29, 1.82) is 0 Å². The summed E-state index contributed by atoms with van der Waals surface area (Å²) in [5.74, 6) is -12.1. The van der Waals surface area contributed by atoms with E-state index >= 15 is 0 Å². The maximum absolute atomic E-state index is 14.5. The fourth-order valence-corrected chi connectivity index (χ4v) is 7.54. The third kappa shape index (κ3) is 44.3. The van der Waals surface area contributed by atoms with Gasteiger partial charge in [-0.25, -0.2) is 19.2 Å². The molecule has 0 fully saturated rings. The third-order valence-corrected chi connectivity index (χ3v) is 12.2. The Morgan fingerprint density at radius 1 is 0.485 bits per heavy atom. The van der Waals surface area contributed by atoms with Crippen LogP contribution in [0.25, 0.3) is 0 Å². The number of aromatic hydroxyl groups is 2. The Balaban J connectivity index is 0. The van der Waals surface area contributed by atoms with Gasteiger partial charge in [0.05, 0.1) is 0 Å². The molecule has 2 rings (SSSR count). The number of primary amides is 1. The molecule has 9 amide bonds. The Hall–Kier alpha value is -11.1. The fraction of sp³-hybridized carbons (Fsp3) is 0.509. The van der Waals surface area contributed by atoms with Crippen molar-refractivity contribution in [2.75, 3.05) is 26.2 Å². The molecule has 0 bridgehead atoms. The number of nitrogens with one attached hydrogen (secondary N) is 8. The largest absolute Gasteiger partial charge is 0.508 e. The number of guanidine groups is 3. The van der Waals surface area contributed by atoms with Gasteiger partial charge >= 0.3 is 42.5 Å². The summed E-state index contributed by atoms with van der Waals surface area (Å²) in [7, 11) is 0. The number of carbonyl (C=O) groups excluding carboxylic acids is 8. The lowest BCUT2D eigenvalue weighted by molar-refractivity contribution is -0.193. The number of carbonyl (C=O) groups is 11. The van der Waals surface area contributed by atoms with Gasteiger partial charge in [-0.3, -0.25) is 53.9 Å². The number of hydrogen-bond donors (Lipinski definition) is 19. The standard InChI is InChI=1S/C51H79N17O10.3C2HF3O2/c1-5-6-7-8-23-61-51(78)68-50(57)60-26-11-12-36(62-31(4)69)43(73)63-38(14-10-25-59-49(55)56)45(75)67-41(29-33-17-21-35(71)22-18-33)47(77)66-40(27-30(2)3)46(76)64-37(13-9-24-58-48(53)54)44(74)65-39(42(52)72)28-32-15-19-34(70)20-16-32;3*3-2(4,5)1(6)7/h1,15-22,30,36-41,70-71H,6-14,23-29H2,2-4H3,(H2,52,72)(H,62,69)(H,63,73)(H,64,76)(H,65,74)(H,66,77)(H,67,75)(H4,53,54,58)(H4,55,56,59)(H4,57,60,61,68,78);3*(H,6,7)/t36-,37-,38-,39-,40-,41-;;;/m0.../s1. The monoisotopic (exact) mass is 1430 g/mol. The average molecular weight is 1430 g/mol. The summed E-state index contributed by atoms with van der Waals surface area (Å²) in [4.78, 5) is 147. The predicted octanol–water partition coefficient (Wildman–Crippen LogP) is -0.452. The third-order valence-electron chi connectivity index (χ3n) is 12.2. The molecule has 0 heterocycles. The van der Waals surface area contributed by atoms with Crippen LogP contribution in [0.5, 0.6) is 11.5 Å². The Bertz CT molecular complexity index is 3030. The van der Waals surface area contributed by atoms with Gasteiger partial charge in [0.1, 0.15) is 47.8 Å². The first-order valence-corrected chi connectivity index (χ1v) is 29.2. The number of benzene rings is 2. The average Bonchev–Trinajstić information content (AvgIpc) is 0.855. The van der Waals surface area contributed by atoms with Crippen LogP contribution in [0.3, 0.4) is 0 Å². The maximum Gasteiger partial charge on any atom is 0.490 e. The molecule has 0 aliphatic rings. The number of aliphatic carboxylic acids is 3. The van der Waals surface area contributed by atoms with Crippen LogP contribution in [0, 0.1) is 18.3 Å². The Labute approximate surface area is 559 Å². The van der Waals surface area contributed by atoms with Gasteiger partial charge in [0.2, 0.25) is 41.4 Å². The quantitative estimate of drug-likeness (QED) is 0.0139. The molecule has 6 atom stereocenters. The molecule has 0 aliphatic carbocycles. The summed E-state index contributed by atoms with van der Waals surface area (Å²) in [6, 6.07) is 3.30. The van der Waals surface area contributed by atoms with E-state index in [4.69, 9.17) is 70.5 Å². The molecule has 0 aromatic heterocycles. The molecule has 0 saturated heterocycles. The van der Waals surface area contributed by atoms with Gasteiger partial charge in [-0.2, -0.15) is 39.5 Å². The molecular weight excluding hydrogens is 1350 g/mol. The number of carboxylic acids is 3. The van der Waals surface area contributed by atoms with Gasteiger partial charge in [0.25, 0.3) is 0 Å². The molecule has 554 valence electrons. The zero-order valence-corrected chi connectivity index (χ0v) is 53.5. The smallest absolute Gasteiger partial charge is 0.490 e. The molecular formula is C57H82F9N17O16. The van der Waals surface area contributed by atoms with Crippen molar-refractivity contribution in [2.45, 2.75) is 153 Å². The van der Waals surface area contributed by atoms with Crippen LogP contribution in [-0.2, 0) is 60.8 Å². The van der Waals surface area contributed by atoms with Crippen LogP contribution in [0.4, 0.5) is 44.3 Å². The van der Waals surface area contributed by atoms with Gasteiger partial charge in [-0.05, 0) is 99.1 Å². The number of phenolic OH excluding ortho intramolecular Hbond substituents is 2. The van der Waals surface area contributed by atoms with Gasteiger partial charge < -0.3 is 97.2 Å². The number of nitrogens with two attached hydrogens (primary N) is 6. The van der Waals surface area contributed by atoms with Crippen molar-refractivity contribution in [2.24, 2.45) is 55.3 Å². The lowest BCUT2D eigenvalue weighted by Crippen LogP contribution is -2.60. The Morgan fingerprint density at radius 3 is 1.15 bits per heavy atom. The lowest BCUT2D eigenvalue weighted by Gasteiger charge is -2.28. The van der Waals surface area contributed by atoms with Gasteiger partial charge in [-0.15, -0.1) is 12.3 Å². The first-order valence-electron chi connectivity index (χ1n) is 29.2. The number of alkyl halides is 9. The zero-order chi connectivity index (χ0) is 76.4. The zero-order valence-electron chi connectivity index (χ0n) is 53.5. The van der Waals surface area contributed by atoms with Crippen LogP contribution >= 0.6 is 0 Å². The van der Waals surface area contributed by atoms with E-state index in [1.54, 1.807) is 26.0 Å². The number of urea groups is 1. The number of phenols is 2. The first kappa shape index (κ1) is 90.0. The molecule has 0 radical (unpaired) electrons. The minimum absolute atomic E-state index is 0.0153. The van der Waals surface area contributed by atoms with Crippen LogP contribution < -0.4 is 76.9 Å². The number of rotatable bonds is 34. The number of carboxylic acid groups (broad SMARTS) is 3. The van der Waals surface area contributed by atoms with Crippen molar-refractivity contribution in [3.63, 3.8) is 0 Å². The summed E-state index contributed by atoms with van der Waals surface area (Å²) >= 11 is 0. The van der Waals surface area contributed by atoms with E-state index < -0.39 is 120 Å². The number of amides is 9. The second-order valence-corrected chi connectivity index (χ2v) is 21.1. The summed E-state index contributed by atoms with van der Waals surface area (Å²) in [6.45, 7) is 5.31. The minimum atomic E-state index is -5.08. The number of unbranched alkanes of at least 4 members (excludes halogenated alkanes) is 2. The Kier molecular flexibility index (Phi) is 42.0. The second kappa shape index (κ2) is 46.2. The van der Waals surface area contributed by atoms with Gasteiger partial charge in [-0.1, -0.05) is 38.1 Å². The number of hydrogen-bond acceptors (Lipinski definition) is 16. The van der Waals surface area contributed by atoms with Gasteiger partial charge in [0.15, 0.2) is 17.9 Å². The Morgan fingerprint density at radius 2 is 0.808 bits per heavy atom. The number of aliphatic imine (C=N–C) groups is 3. The van der Waals surface area contributed by atoms with Crippen LogP contribution in [-0.4, -0.2) is 190 Å². The highest BCUT2D eigenvalue weighted by molar-refractivity contribution is 5.97. The molecule has 0 saturated carbocycles. The highest BCUT2D eigenvalue weighted by Gasteiger charge is 2.40. The van der Waals surface area contributed by atoms with Crippen molar-refractivity contribution < 1.29 is 118 Å². The summed E-state index contributed by atoms with van der Waals surface area (Å²) in [6.07, 6.45) is -7.76. The van der Waals surface area contributed by atoms with Crippen molar-refractivity contribution in [3.05, 3.63) is 59.7 Å². The van der Waals surface area contributed by atoms with E-state index in [-0.39, 0.29) is 113 Å². The highest BCUT2D eigenvalue weighted by atomic mass is 19.4. The molecule has 0 unspecified atom stereocenters. The first-order chi connectivity index (χ1) is 45.8. The van der Waals surface area contributed by atoms with E-state index in [2.05, 4.69) is 63.4 Å². The van der Waals surface area contributed by atoms with Crippen LogP contribution in [0.2, 0.25) is 0 Å². The molecule has 99 heavy (non-hydrogen) atoms. The number of terminal acetylenes is 1. The molecule has 25 N–H and O–H groups in total. The summed E-state index contributed by atoms with van der Waals surface area (Å²) in [5.41, 5.74) is 34.6. The second-order valence-electron chi connectivity index (χ2n) is 21.1. The molecule has 33 nitrogen and oxygen atoms in total. The summed E-state index contributed by atoms with van der Waals surface area (Å²) < 4.78 is 95.2. The fourth-order valence-electron chi connectivity index (χ4n) is 7.54. The van der Waals surface area contributed by atoms with Crippen LogP contribution in [0.1, 0.15) is 96.1 Å². The number of halogens is 9. The molecule has 2 aromatic carbocycles. The van der Waals surface area contributed by atoms with E-state index in [1.807, 2.05) is 0 Å². The SMILES string of the molecule is C#CCCCCNC(=O)NC(N)=NCCC[C@H](NC(C)=O)C(=O)N[C@@H](CCCN=C(N)N)C(=O)N[C@@H](Cc1ccc(O)cc1)C(=O)N[C@@H](CC(C)C)C(=O)N[C@@H](CCCN=C(N)N)C(=O)N[C@@H](Cc1ccc(O)cc1)C(N)=O.O=C(O)C(F)(F)F.O=C(O)C(F)(F)F.O=C(O)C(F)(F)F. The lowest BCUT2D eigenvalue weighted by atomic mass is 9.99. The normalized spacial score (nSPS) is 12.9. The molecule has 0 spiro atoms. The summed E-state index contributed by atoms with van der Waals surface area (Å²) in [5, 5.41) is 62.1. The van der Waals surface area contributed by atoms with Crippen molar-refractivity contribution in [3.8, 4) is 23.8 Å². The molecule has 2 aromatic rings. The topological polar surface area (TPSA) is 578 Å². The van der Waals surface area contributed by atoms with E-state index in [0.717, 1.165) is 6.42 Å². The van der Waals surface area contributed by atoms with Crippen molar-refractivity contribution >= 4 is 83.2 Å². The van der Waals surface area contributed by atoms with Crippen molar-refractivity contribution in [1.82, 2.24) is 42.5 Å². The molecule has 42 heteroatoms. The van der Waals surface area contributed by atoms with Gasteiger partial charge in [0, 0.05) is 52.4 Å². The van der Waals surface area contributed by atoms with E-state index in [0.29, 0.717) is 30.5 Å². The van der Waals surface area contributed by atoms with Crippen LogP contribution in [0.15, 0.2) is 63.5 Å². The van der Waals surface area contributed by atoms with E-state index in [9.17, 15) is 88.1 Å². The maximum atomic E-state index is 14.5. The predicted molar refractivity (Wildman–Crippen MR) is 335 cm³/mol. The minimum Gasteiger partial charge on any atom is -0.508 e. The number of nitrogens with zero attached hydrogens (tertiary/aromatic N) is 3. The molecule has 0 aliphatic heterocycles. The van der Waals surface area contributed by atoms with E-state index in [1.165, 1.54) is 43.3 Å². The highest BCUT2D eigenvalue weighted by Crippen LogP contribution is 2.18.